The zero-order valence-corrected chi connectivity index (χ0v) is 12.2. The average molecular weight is 252 g/mol. The second-order valence-electron chi connectivity index (χ2n) is 6.29. The van der Waals surface area contributed by atoms with Gasteiger partial charge in [0.25, 0.3) is 0 Å². The Kier molecular flexibility index (Phi) is 4.79. The van der Waals surface area contributed by atoms with Gasteiger partial charge in [0.05, 0.1) is 6.04 Å². The number of Topliss-reactive ketones (excluding diaryl/α,β-unsaturated/α-hetero) is 1. The molecule has 2 aliphatic rings. The van der Waals surface area contributed by atoms with Crippen molar-refractivity contribution in [3.05, 3.63) is 0 Å². The first-order chi connectivity index (χ1) is 8.61. The molecule has 1 atom stereocenters. The summed E-state index contributed by atoms with van der Waals surface area (Å²) < 4.78 is 0. The molecule has 1 aliphatic carbocycles. The van der Waals surface area contributed by atoms with E-state index in [9.17, 15) is 4.79 Å². The van der Waals surface area contributed by atoms with Crippen LogP contribution < -0.4 is 0 Å². The fourth-order valence-electron chi connectivity index (χ4n) is 3.44. The molecule has 0 aromatic carbocycles. The minimum Gasteiger partial charge on any atom is -0.303 e. The topological polar surface area (TPSA) is 23.6 Å². The molecular formula is C15H28N2O. The maximum atomic E-state index is 12.6. The van der Waals surface area contributed by atoms with E-state index in [1.807, 2.05) is 0 Å². The SMILES string of the molecule is CCC1CCC(C(=O)C2CN(C)CCN2C)CC1. The number of ketones is 1. The molecule has 1 heterocycles. The Balaban J connectivity index is 1.90. The highest BCUT2D eigenvalue weighted by Gasteiger charge is 2.34. The predicted octanol–water partition coefficient (Wildman–Crippen LogP) is 2.02. The molecule has 2 fully saturated rings. The van der Waals surface area contributed by atoms with Crippen molar-refractivity contribution in [1.82, 2.24) is 9.80 Å². The highest BCUT2D eigenvalue weighted by molar-refractivity contribution is 5.86. The molecule has 0 spiro atoms. The van der Waals surface area contributed by atoms with Gasteiger partial charge in [0.2, 0.25) is 0 Å². The second-order valence-corrected chi connectivity index (χ2v) is 6.29. The van der Waals surface area contributed by atoms with Gasteiger partial charge in [-0.1, -0.05) is 13.3 Å². The number of hydrogen-bond donors (Lipinski definition) is 0. The molecule has 18 heavy (non-hydrogen) atoms. The Labute approximate surface area is 112 Å². The van der Waals surface area contributed by atoms with Gasteiger partial charge in [0.1, 0.15) is 0 Å². The van der Waals surface area contributed by atoms with Crippen molar-refractivity contribution >= 4 is 5.78 Å². The number of nitrogens with zero attached hydrogens (tertiary/aromatic N) is 2. The zero-order chi connectivity index (χ0) is 13.1. The van der Waals surface area contributed by atoms with Crippen molar-refractivity contribution in [2.75, 3.05) is 33.7 Å². The van der Waals surface area contributed by atoms with Gasteiger partial charge in [-0.2, -0.15) is 0 Å². The number of piperazine rings is 1. The van der Waals surface area contributed by atoms with Gasteiger partial charge in [-0.05, 0) is 45.7 Å². The molecule has 0 aromatic rings. The molecule has 0 bridgehead atoms. The van der Waals surface area contributed by atoms with Crippen molar-refractivity contribution in [2.24, 2.45) is 11.8 Å². The van der Waals surface area contributed by atoms with Crippen LogP contribution >= 0.6 is 0 Å². The number of hydrogen-bond acceptors (Lipinski definition) is 3. The van der Waals surface area contributed by atoms with Gasteiger partial charge >= 0.3 is 0 Å². The van der Waals surface area contributed by atoms with Gasteiger partial charge in [-0.15, -0.1) is 0 Å². The normalized spacial score (nSPS) is 35.6. The molecular weight excluding hydrogens is 224 g/mol. The van der Waals surface area contributed by atoms with Gasteiger partial charge in [-0.3, -0.25) is 9.69 Å². The lowest BCUT2D eigenvalue weighted by Gasteiger charge is -2.39. The molecule has 3 nitrogen and oxygen atoms in total. The van der Waals surface area contributed by atoms with E-state index >= 15 is 0 Å². The number of carbonyl (C=O) groups is 1. The van der Waals surface area contributed by atoms with Crippen LogP contribution in [0.4, 0.5) is 0 Å². The maximum absolute atomic E-state index is 12.6. The van der Waals surface area contributed by atoms with Gasteiger partial charge in [0.15, 0.2) is 5.78 Å². The lowest BCUT2D eigenvalue weighted by atomic mass is 9.77. The molecule has 0 amide bonds. The van der Waals surface area contributed by atoms with Crippen LogP contribution in [0.2, 0.25) is 0 Å². The van der Waals surface area contributed by atoms with E-state index < -0.39 is 0 Å². The van der Waals surface area contributed by atoms with Crippen LogP contribution in [0, 0.1) is 11.8 Å². The summed E-state index contributed by atoms with van der Waals surface area (Å²) in [6.45, 7) is 5.31. The molecule has 3 heteroatoms. The van der Waals surface area contributed by atoms with Crippen LogP contribution in [0.1, 0.15) is 39.0 Å². The van der Waals surface area contributed by atoms with Crippen molar-refractivity contribution in [3.63, 3.8) is 0 Å². The van der Waals surface area contributed by atoms with E-state index in [-0.39, 0.29) is 6.04 Å². The summed E-state index contributed by atoms with van der Waals surface area (Å²) in [5, 5.41) is 0. The van der Waals surface area contributed by atoms with Crippen LogP contribution in [-0.4, -0.2) is 55.4 Å². The third-order valence-electron chi connectivity index (χ3n) is 5.01. The monoisotopic (exact) mass is 252 g/mol. The molecule has 1 saturated heterocycles. The van der Waals surface area contributed by atoms with Crippen molar-refractivity contribution in [2.45, 2.75) is 45.1 Å². The number of carbonyl (C=O) groups excluding carboxylic acids is 1. The van der Waals surface area contributed by atoms with Crippen molar-refractivity contribution in [3.8, 4) is 0 Å². The molecule has 0 aromatic heterocycles. The summed E-state index contributed by atoms with van der Waals surface area (Å²) in [4.78, 5) is 17.2. The number of rotatable bonds is 3. The lowest BCUT2D eigenvalue weighted by molar-refractivity contribution is -0.131. The average Bonchev–Trinajstić information content (AvgIpc) is 2.41. The van der Waals surface area contributed by atoms with Crippen molar-refractivity contribution < 1.29 is 4.79 Å². The molecule has 104 valence electrons. The summed E-state index contributed by atoms with van der Waals surface area (Å²) in [5.41, 5.74) is 0. The molecule has 1 aliphatic heterocycles. The summed E-state index contributed by atoms with van der Waals surface area (Å²) >= 11 is 0. The summed E-state index contributed by atoms with van der Waals surface area (Å²) in [6.07, 6.45) is 6.07. The second kappa shape index (κ2) is 6.16. The standard InChI is InChI=1S/C15H28N2O/c1-4-12-5-7-13(8-6-12)15(18)14-11-16(2)9-10-17(14)3/h12-14H,4-11H2,1-3H3. The Morgan fingerprint density at radius 3 is 2.39 bits per heavy atom. The van der Waals surface area contributed by atoms with Crippen LogP contribution in [0.5, 0.6) is 0 Å². The van der Waals surface area contributed by atoms with E-state index in [1.165, 1.54) is 19.3 Å². The Hall–Kier alpha value is -0.410. The summed E-state index contributed by atoms with van der Waals surface area (Å²) in [7, 11) is 4.23. The first kappa shape index (κ1) is 14.0. The molecule has 0 radical (unpaired) electrons. The van der Waals surface area contributed by atoms with E-state index in [0.717, 1.165) is 38.4 Å². The molecule has 1 saturated carbocycles. The Morgan fingerprint density at radius 1 is 1.11 bits per heavy atom. The van der Waals surface area contributed by atoms with Crippen LogP contribution in [-0.2, 0) is 4.79 Å². The first-order valence-corrected chi connectivity index (χ1v) is 7.54. The third-order valence-corrected chi connectivity index (χ3v) is 5.01. The minimum atomic E-state index is 0.145. The molecule has 0 N–H and O–H groups in total. The fourth-order valence-corrected chi connectivity index (χ4v) is 3.44. The smallest absolute Gasteiger partial charge is 0.154 e. The molecule has 1 unspecified atom stereocenters. The lowest BCUT2D eigenvalue weighted by Crippen LogP contribution is -2.55. The summed E-state index contributed by atoms with van der Waals surface area (Å²) in [5.74, 6) is 1.73. The summed E-state index contributed by atoms with van der Waals surface area (Å²) in [6, 6.07) is 0.145. The van der Waals surface area contributed by atoms with E-state index in [4.69, 9.17) is 0 Å². The van der Waals surface area contributed by atoms with Crippen LogP contribution in [0.25, 0.3) is 0 Å². The highest BCUT2D eigenvalue weighted by atomic mass is 16.1. The van der Waals surface area contributed by atoms with Gasteiger partial charge in [-0.25, -0.2) is 0 Å². The van der Waals surface area contributed by atoms with E-state index in [1.54, 1.807) is 0 Å². The van der Waals surface area contributed by atoms with Gasteiger partial charge < -0.3 is 4.90 Å². The van der Waals surface area contributed by atoms with Crippen LogP contribution in [0.3, 0.4) is 0 Å². The third kappa shape index (κ3) is 3.12. The van der Waals surface area contributed by atoms with Crippen molar-refractivity contribution in [1.29, 1.82) is 0 Å². The fraction of sp³-hybridized carbons (Fsp3) is 0.933. The predicted molar refractivity (Wildman–Crippen MR) is 74.7 cm³/mol. The maximum Gasteiger partial charge on any atom is 0.154 e. The zero-order valence-electron chi connectivity index (χ0n) is 12.2. The van der Waals surface area contributed by atoms with E-state index in [2.05, 4.69) is 30.8 Å². The first-order valence-electron chi connectivity index (χ1n) is 7.54. The number of likely N-dealkylation sites (N-methyl/N-ethyl adjacent to an activating group) is 2. The van der Waals surface area contributed by atoms with Crippen LogP contribution in [0.15, 0.2) is 0 Å². The molecule has 2 rings (SSSR count). The van der Waals surface area contributed by atoms with Gasteiger partial charge in [0, 0.05) is 25.6 Å². The highest BCUT2D eigenvalue weighted by Crippen LogP contribution is 2.32. The Morgan fingerprint density at radius 2 is 1.78 bits per heavy atom. The quantitative estimate of drug-likeness (QED) is 0.768. The Bertz CT molecular complexity index is 284. The largest absolute Gasteiger partial charge is 0.303 e. The minimum absolute atomic E-state index is 0.145. The van der Waals surface area contributed by atoms with E-state index in [0.29, 0.717) is 11.7 Å².